The molecular weight excluding hydrogens is 270 g/mol. The number of carbonyl (C=O) groups excluding carboxylic acids is 1. The van der Waals surface area contributed by atoms with Gasteiger partial charge in [-0.1, -0.05) is 47.6 Å². The Morgan fingerprint density at radius 2 is 1.71 bits per heavy atom. The summed E-state index contributed by atoms with van der Waals surface area (Å²) in [6.07, 6.45) is 1.11. The zero-order chi connectivity index (χ0) is 15.1. The van der Waals surface area contributed by atoms with Gasteiger partial charge in [0.1, 0.15) is 11.5 Å². The molecule has 1 amide bonds. The first-order valence-corrected chi connectivity index (χ1v) is 6.11. The van der Waals surface area contributed by atoms with Crippen LogP contribution in [0.3, 0.4) is 0 Å². The van der Waals surface area contributed by atoms with Crippen LogP contribution in [-0.4, -0.2) is 28.1 Å². The Hall–Kier alpha value is -3.15. The third kappa shape index (κ3) is 3.66. The summed E-state index contributed by atoms with van der Waals surface area (Å²) in [6.45, 7) is 0. The molecule has 6 nitrogen and oxygen atoms in total. The number of hydrogen-bond donors (Lipinski definition) is 3. The molecule has 0 aliphatic rings. The van der Waals surface area contributed by atoms with Gasteiger partial charge in [0.05, 0.1) is 11.8 Å². The Labute approximate surface area is 121 Å². The number of rotatable bonds is 4. The fourth-order valence-electron chi connectivity index (χ4n) is 1.67. The lowest BCUT2D eigenvalue weighted by Gasteiger charge is -2.04. The summed E-state index contributed by atoms with van der Waals surface area (Å²) in [5.74, 6) is -0.699. The minimum atomic E-state index is -0.562. The van der Waals surface area contributed by atoms with Gasteiger partial charge in [-0.15, -0.1) is 0 Å². The van der Waals surface area contributed by atoms with E-state index in [1.165, 1.54) is 12.1 Å². The van der Waals surface area contributed by atoms with Gasteiger partial charge in [-0.05, 0) is 12.1 Å². The summed E-state index contributed by atoms with van der Waals surface area (Å²) in [7, 11) is 0. The van der Waals surface area contributed by atoms with E-state index in [9.17, 15) is 9.90 Å². The van der Waals surface area contributed by atoms with Crippen LogP contribution in [0.1, 0.15) is 15.9 Å². The van der Waals surface area contributed by atoms with Crippen LogP contribution in [0, 0.1) is 0 Å². The van der Waals surface area contributed by atoms with Crippen molar-refractivity contribution in [1.29, 1.82) is 0 Å². The van der Waals surface area contributed by atoms with E-state index in [0.717, 1.165) is 6.21 Å². The number of nitrogens with one attached hydrogen (secondary N) is 1. The highest BCUT2D eigenvalue weighted by Gasteiger charge is 2.09. The van der Waals surface area contributed by atoms with Gasteiger partial charge in [0, 0.05) is 5.56 Å². The second kappa shape index (κ2) is 6.85. The molecule has 0 fully saturated rings. The van der Waals surface area contributed by atoms with Crippen LogP contribution in [0.4, 0.5) is 0 Å². The van der Waals surface area contributed by atoms with Gasteiger partial charge in [-0.3, -0.25) is 4.79 Å². The Morgan fingerprint density at radius 3 is 2.38 bits per heavy atom. The monoisotopic (exact) mass is 283 g/mol. The minimum Gasteiger partial charge on any atom is -0.507 e. The molecule has 0 saturated carbocycles. The van der Waals surface area contributed by atoms with E-state index in [1.807, 2.05) is 6.07 Å². The molecular formula is C15H13N3O3. The van der Waals surface area contributed by atoms with Gasteiger partial charge in [0.15, 0.2) is 0 Å². The maximum atomic E-state index is 11.9. The SMILES string of the molecule is O=C(NN=C(C=NO)c1ccccc1)c1ccccc1O. The van der Waals surface area contributed by atoms with Crippen molar-refractivity contribution in [2.45, 2.75) is 0 Å². The number of amides is 1. The lowest BCUT2D eigenvalue weighted by Crippen LogP contribution is -2.20. The van der Waals surface area contributed by atoms with Gasteiger partial charge < -0.3 is 10.3 Å². The van der Waals surface area contributed by atoms with Gasteiger partial charge in [-0.25, -0.2) is 5.43 Å². The van der Waals surface area contributed by atoms with Crippen molar-refractivity contribution in [2.24, 2.45) is 10.3 Å². The van der Waals surface area contributed by atoms with E-state index in [4.69, 9.17) is 5.21 Å². The Morgan fingerprint density at radius 1 is 1.05 bits per heavy atom. The highest BCUT2D eigenvalue weighted by Crippen LogP contribution is 2.14. The Bertz CT molecular complexity index is 682. The van der Waals surface area contributed by atoms with Crippen LogP contribution >= 0.6 is 0 Å². The molecule has 0 spiro atoms. The molecule has 0 saturated heterocycles. The fourth-order valence-corrected chi connectivity index (χ4v) is 1.67. The minimum absolute atomic E-state index is 0.106. The summed E-state index contributed by atoms with van der Waals surface area (Å²) in [4.78, 5) is 11.9. The zero-order valence-electron chi connectivity index (χ0n) is 11.0. The van der Waals surface area contributed by atoms with Gasteiger partial charge in [-0.2, -0.15) is 5.10 Å². The van der Waals surface area contributed by atoms with Crippen molar-refractivity contribution in [3.8, 4) is 5.75 Å². The number of phenolic OH excluding ortho intramolecular Hbond substituents is 1. The van der Waals surface area contributed by atoms with E-state index in [1.54, 1.807) is 36.4 Å². The van der Waals surface area contributed by atoms with E-state index in [0.29, 0.717) is 5.56 Å². The molecule has 2 rings (SSSR count). The predicted molar refractivity (Wildman–Crippen MR) is 78.8 cm³/mol. The van der Waals surface area contributed by atoms with Crippen LogP contribution in [0.15, 0.2) is 64.9 Å². The summed E-state index contributed by atoms with van der Waals surface area (Å²) in [6, 6.07) is 15.1. The first-order chi connectivity index (χ1) is 10.2. The maximum absolute atomic E-state index is 11.9. The number of nitrogens with zero attached hydrogens (tertiary/aromatic N) is 2. The van der Waals surface area contributed by atoms with E-state index >= 15 is 0 Å². The first kappa shape index (κ1) is 14.3. The third-order valence-electron chi connectivity index (χ3n) is 2.68. The van der Waals surface area contributed by atoms with Crippen molar-refractivity contribution in [2.75, 3.05) is 0 Å². The Kier molecular flexibility index (Phi) is 4.66. The first-order valence-electron chi connectivity index (χ1n) is 6.11. The summed E-state index contributed by atoms with van der Waals surface area (Å²) < 4.78 is 0. The van der Waals surface area contributed by atoms with Crippen LogP contribution < -0.4 is 5.43 Å². The second-order valence-electron chi connectivity index (χ2n) is 4.07. The normalized spacial score (nSPS) is 11.5. The number of aromatic hydroxyl groups is 1. The topological polar surface area (TPSA) is 94.3 Å². The highest BCUT2D eigenvalue weighted by molar-refractivity contribution is 6.38. The van der Waals surface area contributed by atoms with Gasteiger partial charge in [0.25, 0.3) is 5.91 Å². The summed E-state index contributed by atoms with van der Waals surface area (Å²) >= 11 is 0. The third-order valence-corrected chi connectivity index (χ3v) is 2.68. The quantitative estimate of drug-likeness (QED) is 0.455. The van der Waals surface area contributed by atoms with Crippen molar-refractivity contribution in [3.63, 3.8) is 0 Å². The van der Waals surface area contributed by atoms with Crippen molar-refractivity contribution in [1.82, 2.24) is 5.43 Å². The summed E-state index contributed by atoms with van der Waals surface area (Å²) in [5.41, 5.74) is 3.37. The molecule has 106 valence electrons. The smallest absolute Gasteiger partial charge is 0.275 e. The molecule has 0 aromatic heterocycles. The fraction of sp³-hybridized carbons (Fsp3) is 0. The number of para-hydroxylation sites is 1. The molecule has 0 aliphatic heterocycles. The van der Waals surface area contributed by atoms with Crippen LogP contribution in [0.2, 0.25) is 0 Å². The van der Waals surface area contributed by atoms with Crippen LogP contribution in [0.5, 0.6) is 5.75 Å². The molecule has 6 heteroatoms. The van der Waals surface area contributed by atoms with Crippen LogP contribution in [-0.2, 0) is 0 Å². The molecule has 0 heterocycles. The standard InChI is InChI=1S/C15H13N3O3/c19-14-9-5-4-8-12(14)15(20)18-17-13(10-16-21)11-6-2-1-3-7-11/h1-10,19,21H,(H,18,20). The molecule has 3 N–H and O–H groups in total. The van der Waals surface area contributed by atoms with Crippen molar-refractivity contribution < 1.29 is 15.1 Å². The van der Waals surface area contributed by atoms with Gasteiger partial charge in [0.2, 0.25) is 0 Å². The maximum Gasteiger partial charge on any atom is 0.275 e. The molecule has 0 bridgehead atoms. The molecule has 0 atom stereocenters. The van der Waals surface area contributed by atoms with E-state index in [-0.39, 0.29) is 17.0 Å². The number of phenols is 1. The van der Waals surface area contributed by atoms with Crippen LogP contribution in [0.25, 0.3) is 0 Å². The predicted octanol–water partition coefficient (Wildman–Crippen LogP) is 1.99. The molecule has 21 heavy (non-hydrogen) atoms. The average Bonchev–Trinajstić information content (AvgIpc) is 2.52. The molecule has 2 aromatic rings. The number of carbonyl (C=O) groups is 1. The van der Waals surface area contributed by atoms with Gasteiger partial charge >= 0.3 is 0 Å². The van der Waals surface area contributed by atoms with Crippen molar-refractivity contribution >= 4 is 17.8 Å². The average molecular weight is 283 g/mol. The Balaban J connectivity index is 2.21. The second-order valence-corrected chi connectivity index (χ2v) is 4.07. The van der Waals surface area contributed by atoms with Crippen molar-refractivity contribution in [3.05, 3.63) is 65.7 Å². The molecule has 0 aliphatic carbocycles. The molecule has 2 aromatic carbocycles. The summed E-state index contributed by atoms with van der Waals surface area (Å²) in [5, 5.41) is 25.1. The van der Waals surface area contributed by atoms with E-state index in [2.05, 4.69) is 15.7 Å². The molecule has 0 radical (unpaired) electrons. The lowest BCUT2D eigenvalue weighted by atomic mass is 10.1. The van der Waals surface area contributed by atoms with E-state index < -0.39 is 5.91 Å². The largest absolute Gasteiger partial charge is 0.507 e. The zero-order valence-corrected chi connectivity index (χ0v) is 11.0. The highest BCUT2D eigenvalue weighted by atomic mass is 16.4. The number of hydrogen-bond acceptors (Lipinski definition) is 5. The lowest BCUT2D eigenvalue weighted by molar-refractivity contribution is 0.0952. The number of benzene rings is 2. The number of hydrazone groups is 1. The molecule has 0 unspecified atom stereocenters. The number of oxime groups is 1.